The molecule has 7 rings (SSSR count). The molecule has 4 aromatic carbocycles. The lowest BCUT2D eigenvalue weighted by Gasteiger charge is -2.47. The van der Waals surface area contributed by atoms with E-state index in [-0.39, 0.29) is 12.1 Å². The molecule has 3 fully saturated rings. The maximum atomic E-state index is 13.4. The van der Waals surface area contributed by atoms with Crippen molar-refractivity contribution in [3.8, 4) is 0 Å². The van der Waals surface area contributed by atoms with E-state index in [0.717, 1.165) is 71.6 Å². The molecular formula is C48H65N5O. The summed E-state index contributed by atoms with van der Waals surface area (Å²) < 4.78 is 0. The Morgan fingerprint density at radius 2 is 1.04 bits per heavy atom. The van der Waals surface area contributed by atoms with Crippen LogP contribution in [0.2, 0.25) is 0 Å². The van der Waals surface area contributed by atoms with Crippen LogP contribution in [0, 0.1) is 17.8 Å². The third kappa shape index (κ3) is 10.5. The third-order valence-electron chi connectivity index (χ3n) is 12.1. The predicted octanol–water partition coefficient (Wildman–Crippen LogP) is 8.38. The number of benzene rings is 4. The monoisotopic (exact) mass is 728 g/mol. The van der Waals surface area contributed by atoms with Gasteiger partial charge in [0.05, 0.1) is 12.1 Å². The first kappa shape index (κ1) is 39.9. The van der Waals surface area contributed by atoms with Crippen molar-refractivity contribution < 1.29 is 4.79 Å². The van der Waals surface area contributed by atoms with Gasteiger partial charge in [-0.3, -0.25) is 14.6 Å². The number of likely N-dealkylation sites (tertiary alicyclic amines) is 1. The summed E-state index contributed by atoms with van der Waals surface area (Å²) in [5, 5.41) is 3.66. The zero-order chi connectivity index (χ0) is 37.9. The fourth-order valence-corrected chi connectivity index (χ4v) is 8.83. The number of piperidine rings is 1. The van der Waals surface area contributed by atoms with E-state index in [4.69, 9.17) is 0 Å². The molecule has 0 aliphatic carbocycles. The first-order valence-electron chi connectivity index (χ1n) is 20.7. The van der Waals surface area contributed by atoms with Gasteiger partial charge in [-0.05, 0) is 73.0 Å². The zero-order valence-electron chi connectivity index (χ0n) is 33.6. The molecule has 0 spiro atoms. The van der Waals surface area contributed by atoms with E-state index in [1.807, 2.05) is 0 Å². The smallest absolute Gasteiger partial charge is 0.223 e. The minimum Gasteiger partial charge on any atom is -0.337 e. The van der Waals surface area contributed by atoms with Gasteiger partial charge in [0.25, 0.3) is 0 Å². The summed E-state index contributed by atoms with van der Waals surface area (Å²) in [5.74, 6) is 2.02. The molecule has 2 atom stereocenters. The highest BCUT2D eigenvalue weighted by atomic mass is 16.2. The van der Waals surface area contributed by atoms with Crippen LogP contribution >= 0.6 is 0 Å². The van der Waals surface area contributed by atoms with E-state index in [1.165, 1.54) is 22.3 Å². The van der Waals surface area contributed by atoms with Crippen LogP contribution in [0.25, 0.3) is 0 Å². The number of carbonyl (C=O) groups excluding carboxylic acids is 1. The molecule has 1 N–H and O–H groups in total. The number of carbonyl (C=O) groups is 1. The number of piperazine rings is 2. The van der Waals surface area contributed by atoms with Gasteiger partial charge in [-0.1, -0.05) is 149 Å². The second-order valence-electron chi connectivity index (χ2n) is 16.6. The normalized spacial score (nSPS) is 20.7. The average Bonchev–Trinajstić information content (AvgIpc) is 3.21. The Morgan fingerprint density at radius 3 is 1.46 bits per heavy atom. The summed E-state index contributed by atoms with van der Waals surface area (Å²) in [6.45, 7) is 17.3. The van der Waals surface area contributed by atoms with Crippen molar-refractivity contribution in [2.75, 3.05) is 59.4 Å². The first-order chi connectivity index (χ1) is 26.3. The van der Waals surface area contributed by atoms with Crippen molar-refractivity contribution >= 4 is 5.91 Å². The van der Waals surface area contributed by atoms with E-state index in [2.05, 4.69) is 181 Å². The highest BCUT2D eigenvalue weighted by Gasteiger charge is 2.37. The third-order valence-corrected chi connectivity index (χ3v) is 12.1. The van der Waals surface area contributed by atoms with Crippen LogP contribution in [0.4, 0.5) is 0 Å². The topological polar surface area (TPSA) is 42.1 Å². The first-order valence-corrected chi connectivity index (χ1v) is 20.7. The highest BCUT2D eigenvalue weighted by molar-refractivity contribution is 5.77. The summed E-state index contributed by atoms with van der Waals surface area (Å²) in [6, 6.07) is 44.8. The van der Waals surface area contributed by atoms with Gasteiger partial charge in [0.1, 0.15) is 0 Å². The van der Waals surface area contributed by atoms with Crippen molar-refractivity contribution in [3.05, 3.63) is 144 Å². The van der Waals surface area contributed by atoms with Gasteiger partial charge in [-0.25, -0.2) is 0 Å². The maximum Gasteiger partial charge on any atom is 0.223 e. The predicted molar refractivity (Wildman–Crippen MR) is 224 cm³/mol. The number of hydrogen-bond acceptors (Lipinski definition) is 5. The number of nitrogens with one attached hydrogen (secondary N) is 1. The Morgan fingerprint density at radius 1 is 0.593 bits per heavy atom. The molecule has 0 saturated carbocycles. The Labute approximate surface area is 326 Å². The second kappa shape index (κ2) is 19.7. The summed E-state index contributed by atoms with van der Waals surface area (Å²) in [7, 11) is 2.18. The van der Waals surface area contributed by atoms with Crippen LogP contribution in [0.3, 0.4) is 0 Å². The van der Waals surface area contributed by atoms with Crippen LogP contribution in [0.1, 0.15) is 81.3 Å². The van der Waals surface area contributed by atoms with Crippen molar-refractivity contribution in [2.24, 2.45) is 17.8 Å². The van der Waals surface area contributed by atoms with Crippen molar-refractivity contribution in [2.45, 2.75) is 71.1 Å². The zero-order valence-corrected chi connectivity index (χ0v) is 33.6. The average molecular weight is 728 g/mol. The number of rotatable bonds is 10. The van der Waals surface area contributed by atoms with Gasteiger partial charge < -0.3 is 15.1 Å². The summed E-state index contributed by atoms with van der Waals surface area (Å²) in [5.41, 5.74) is 5.43. The van der Waals surface area contributed by atoms with Crippen molar-refractivity contribution in [1.29, 1.82) is 0 Å². The molecule has 3 aliphatic rings. The quantitative estimate of drug-likeness (QED) is 0.178. The van der Waals surface area contributed by atoms with Crippen LogP contribution in [0.15, 0.2) is 121 Å². The lowest BCUT2D eigenvalue weighted by Crippen LogP contribution is -2.58. The fraction of sp³-hybridized carbons (Fsp3) is 0.479. The van der Waals surface area contributed by atoms with E-state index in [1.54, 1.807) is 0 Å². The Bertz CT molecular complexity index is 1580. The van der Waals surface area contributed by atoms with Crippen LogP contribution in [0.5, 0.6) is 0 Å². The molecule has 288 valence electrons. The van der Waals surface area contributed by atoms with Crippen molar-refractivity contribution in [1.82, 2.24) is 24.9 Å². The molecule has 0 aromatic heterocycles. The number of nitrogens with zero attached hydrogens (tertiary/aromatic N) is 4. The molecule has 6 heteroatoms. The second-order valence-corrected chi connectivity index (χ2v) is 16.6. The molecule has 3 saturated heterocycles. The molecule has 4 aromatic rings. The molecule has 0 bridgehead atoms. The van der Waals surface area contributed by atoms with Gasteiger partial charge in [0.15, 0.2) is 0 Å². The van der Waals surface area contributed by atoms with Gasteiger partial charge in [0, 0.05) is 57.8 Å². The number of hydrogen-bond donors (Lipinski definition) is 1. The molecule has 0 radical (unpaired) electrons. The molecule has 54 heavy (non-hydrogen) atoms. The molecule has 0 unspecified atom stereocenters. The maximum absolute atomic E-state index is 13.4. The molecule has 3 heterocycles. The fourth-order valence-electron chi connectivity index (χ4n) is 8.83. The summed E-state index contributed by atoms with van der Waals surface area (Å²) in [6.07, 6.45) is 3.02. The summed E-state index contributed by atoms with van der Waals surface area (Å²) >= 11 is 0. The van der Waals surface area contributed by atoms with Crippen molar-refractivity contribution in [3.63, 3.8) is 0 Å². The number of amides is 1. The van der Waals surface area contributed by atoms with Gasteiger partial charge in [0.2, 0.25) is 5.91 Å². The highest BCUT2D eigenvalue weighted by Crippen LogP contribution is 2.33. The van der Waals surface area contributed by atoms with Gasteiger partial charge >= 0.3 is 0 Å². The largest absolute Gasteiger partial charge is 0.337 e. The molecule has 3 aliphatic heterocycles. The standard InChI is InChI=1S/C28H39N3O.C20H26N2/c1-22(2)26-21-30(18-19-31(26)27(32)20-23-14-16-29(3)17-15-23)28(24-10-6-4-7-11-24)25-12-8-5-9-13-25;1-16(2)19-15-22(14-13-21-19)20(17-9-5-3-6-10-17)18-11-7-4-8-12-18/h4-13,22-23,26,28H,14-21H2,1-3H3;3-12,16,19-21H,13-15H2,1-2H3/t26-;19-/m11/s1. The lowest BCUT2D eigenvalue weighted by molar-refractivity contribution is -0.139. The van der Waals surface area contributed by atoms with E-state index in [9.17, 15) is 4.79 Å². The Balaban J connectivity index is 0.000000197. The minimum atomic E-state index is 0.227. The Hall–Kier alpha value is -3.81. The van der Waals surface area contributed by atoms with E-state index in [0.29, 0.717) is 35.7 Å². The van der Waals surface area contributed by atoms with Crippen LogP contribution < -0.4 is 5.32 Å². The van der Waals surface area contributed by atoms with Crippen LogP contribution in [-0.2, 0) is 4.79 Å². The van der Waals surface area contributed by atoms with Crippen LogP contribution in [-0.4, -0.2) is 97.0 Å². The van der Waals surface area contributed by atoms with E-state index >= 15 is 0 Å². The molecule has 6 nitrogen and oxygen atoms in total. The van der Waals surface area contributed by atoms with Gasteiger partial charge in [-0.2, -0.15) is 0 Å². The molecular weight excluding hydrogens is 663 g/mol. The SMILES string of the molecule is CC(C)[C@H]1CN(C(c2ccccc2)c2ccccc2)CCN1.CC(C)[C@H]1CN(C(c2ccccc2)c2ccccc2)CCN1C(=O)CC1CCN(C)CC1. The minimum absolute atomic E-state index is 0.227. The lowest BCUT2D eigenvalue weighted by atomic mass is 9.90. The molecule has 1 amide bonds. The Kier molecular flexibility index (Phi) is 14.5. The summed E-state index contributed by atoms with van der Waals surface area (Å²) in [4.78, 5) is 23.2. The van der Waals surface area contributed by atoms with Gasteiger partial charge in [-0.15, -0.1) is 0 Å². The van der Waals surface area contributed by atoms with E-state index < -0.39 is 0 Å².